The molecular formula is C24H19Cl2N3O5. The fourth-order valence-electron chi connectivity index (χ4n) is 2.63. The van der Waals surface area contributed by atoms with E-state index in [0.29, 0.717) is 34.3 Å². The van der Waals surface area contributed by atoms with Crippen LogP contribution >= 0.6 is 23.2 Å². The highest BCUT2D eigenvalue weighted by atomic mass is 35.5. The number of nitrogens with one attached hydrogen (secondary N) is 2. The van der Waals surface area contributed by atoms with Crippen molar-refractivity contribution in [3.8, 4) is 11.5 Å². The first kappa shape index (κ1) is 24.8. The summed E-state index contributed by atoms with van der Waals surface area (Å²) in [5, 5.41) is 6.68. The van der Waals surface area contributed by atoms with Crippen LogP contribution in [0.15, 0.2) is 71.8 Å². The second kappa shape index (κ2) is 11.8. The summed E-state index contributed by atoms with van der Waals surface area (Å²) in [6.07, 6.45) is 1.33. The second-order valence-electron chi connectivity index (χ2n) is 6.69. The van der Waals surface area contributed by atoms with E-state index in [-0.39, 0.29) is 10.7 Å². The average Bonchev–Trinajstić information content (AvgIpc) is 2.83. The zero-order valence-corrected chi connectivity index (χ0v) is 19.4. The highest BCUT2D eigenvalue weighted by Gasteiger charge is 2.15. The van der Waals surface area contributed by atoms with Crippen LogP contribution in [0.3, 0.4) is 0 Å². The van der Waals surface area contributed by atoms with Gasteiger partial charge >= 0.3 is 17.8 Å². The Hall–Kier alpha value is -3.88. The third-order valence-electron chi connectivity index (χ3n) is 4.25. The van der Waals surface area contributed by atoms with E-state index < -0.39 is 17.8 Å². The Labute approximate surface area is 205 Å². The lowest BCUT2D eigenvalue weighted by molar-refractivity contribution is -0.136. The number of carbonyl (C=O) groups excluding carboxylic acids is 3. The molecule has 0 heterocycles. The zero-order chi connectivity index (χ0) is 24.5. The molecule has 0 aliphatic carbocycles. The number of ether oxygens (including phenoxy) is 2. The Bertz CT molecular complexity index is 1210. The number of hydrazone groups is 1. The first-order chi connectivity index (χ1) is 16.4. The molecule has 0 aliphatic rings. The van der Waals surface area contributed by atoms with Crippen LogP contribution in [0.5, 0.6) is 11.5 Å². The molecule has 8 nitrogen and oxygen atoms in total. The maximum absolute atomic E-state index is 12.3. The van der Waals surface area contributed by atoms with Gasteiger partial charge < -0.3 is 14.8 Å². The summed E-state index contributed by atoms with van der Waals surface area (Å²) >= 11 is 11.8. The van der Waals surface area contributed by atoms with Crippen LogP contribution in [0, 0.1) is 0 Å². The summed E-state index contributed by atoms with van der Waals surface area (Å²) < 4.78 is 10.7. The van der Waals surface area contributed by atoms with Gasteiger partial charge in [-0.05, 0) is 79.2 Å². The van der Waals surface area contributed by atoms with Gasteiger partial charge in [0, 0.05) is 5.02 Å². The number of amides is 2. The van der Waals surface area contributed by atoms with Gasteiger partial charge in [0.2, 0.25) is 0 Å². The van der Waals surface area contributed by atoms with Crippen LogP contribution in [-0.2, 0) is 9.59 Å². The standard InChI is InChI=1S/C24H19Cl2N3O5/c1-2-33-18-10-5-16(6-11-18)24(32)34-19-8-3-15(4-9-19)14-27-29-23(31)22(30)28-21-13-17(25)7-12-20(21)26/h3-14H,2H2,1H3,(H,28,30)(H,29,31). The summed E-state index contributed by atoms with van der Waals surface area (Å²) in [5.41, 5.74) is 3.30. The van der Waals surface area contributed by atoms with Crippen LogP contribution in [-0.4, -0.2) is 30.6 Å². The molecule has 0 atom stereocenters. The van der Waals surface area contributed by atoms with Gasteiger partial charge in [-0.2, -0.15) is 5.10 Å². The Morgan fingerprint density at radius 2 is 1.59 bits per heavy atom. The SMILES string of the molecule is CCOc1ccc(C(=O)Oc2ccc(C=NNC(=O)C(=O)Nc3cc(Cl)ccc3Cl)cc2)cc1. The van der Waals surface area contributed by atoms with Crippen molar-refractivity contribution in [1.82, 2.24) is 5.43 Å². The van der Waals surface area contributed by atoms with Crippen LogP contribution in [0.2, 0.25) is 10.0 Å². The normalized spacial score (nSPS) is 10.6. The summed E-state index contributed by atoms with van der Waals surface area (Å²) in [7, 11) is 0. The molecule has 0 spiro atoms. The lowest BCUT2D eigenvalue weighted by atomic mass is 10.2. The molecule has 0 saturated carbocycles. The average molecular weight is 500 g/mol. The Kier molecular flexibility index (Phi) is 8.61. The second-order valence-corrected chi connectivity index (χ2v) is 7.54. The molecule has 34 heavy (non-hydrogen) atoms. The van der Waals surface area contributed by atoms with Gasteiger partial charge in [-0.3, -0.25) is 9.59 Å². The van der Waals surface area contributed by atoms with E-state index in [4.69, 9.17) is 32.7 Å². The Morgan fingerprint density at radius 1 is 0.912 bits per heavy atom. The number of benzene rings is 3. The lowest BCUT2D eigenvalue weighted by Crippen LogP contribution is -2.32. The zero-order valence-electron chi connectivity index (χ0n) is 17.9. The molecule has 0 unspecified atom stereocenters. The maximum Gasteiger partial charge on any atom is 0.343 e. The van der Waals surface area contributed by atoms with E-state index in [0.717, 1.165) is 0 Å². The number of carbonyl (C=O) groups is 3. The third-order valence-corrected chi connectivity index (χ3v) is 4.82. The number of hydrogen-bond donors (Lipinski definition) is 2. The summed E-state index contributed by atoms with van der Waals surface area (Å²) in [4.78, 5) is 36.2. The number of halogens is 2. The highest BCUT2D eigenvalue weighted by molar-refractivity contribution is 6.42. The molecule has 0 fully saturated rings. The number of hydrogen-bond acceptors (Lipinski definition) is 6. The van der Waals surface area contributed by atoms with Crippen molar-refractivity contribution in [2.45, 2.75) is 6.92 Å². The van der Waals surface area contributed by atoms with Gasteiger partial charge in [-0.1, -0.05) is 23.2 Å². The molecule has 2 N–H and O–H groups in total. The van der Waals surface area contributed by atoms with E-state index in [9.17, 15) is 14.4 Å². The van der Waals surface area contributed by atoms with Gasteiger partial charge in [0.1, 0.15) is 11.5 Å². The highest BCUT2D eigenvalue weighted by Crippen LogP contribution is 2.25. The molecule has 0 saturated heterocycles. The minimum atomic E-state index is -0.992. The van der Waals surface area contributed by atoms with Gasteiger partial charge in [0.05, 0.1) is 29.1 Å². The summed E-state index contributed by atoms with van der Waals surface area (Å²) in [5.74, 6) is -1.47. The van der Waals surface area contributed by atoms with Crippen molar-refractivity contribution in [3.05, 3.63) is 87.9 Å². The molecule has 0 bridgehead atoms. The van der Waals surface area contributed by atoms with Crippen LogP contribution < -0.4 is 20.2 Å². The molecule has 0 aliphatic heterocycles. The quantitative estimate of drug-likeness (QED) is 0.161. The molecular weight excluding hydrogens is 481 g/mol. The first-order valence-corrected chi connectivity index (χ1v) is 10.8. The van der Waals surface area contributed by atoms with Crippen molar-refractivity contribution in [2.75, 3.05) is 11.9 Å². The maximum atomic E-state index is 12.3. The molecule has 3 aromatic rings. The molecule has 0 radical (unpaired) electrons. The van der Waals surface area contributed by atoms with Crippen molar-refractivity contribution in [1.29, 1.82) is 0 Å². The largest absolute Gasteiger partial charge is 0.494 e. The van der Waals surface area contributed by atoms with Gasteiger partial charge in [-0.15, -0.1) is 0 Å². The minimum Gasteiger partial charge on any atom is -0.494 e. The van der Waals surface area contributed by atoms with Crippen molar-refractivity contribution >= 4 is 52.9 Å². The van der Waals surface area contributed by atoms with Crippen molar-refractivity contribution < 1.29 is 23.9 Å². The topological polar surface area (TPSA) is 106 Å². The molecule has 2 amide bonds. The fraction of sp³-hybridized carbons (Fsp3) is 0.0833. The molecule has 3 aromatic carbocycles. The number of esters is 1. The van der Waals surface area contributed by atoms with Gasteiger partial charge in [-0.25, -0.2) is 10.2 Å². The van der Waals surface area contributed by atoms with Crippen molar-refractivity contribution in [3.63, 3.8) is 0 Å². The Balaban J connectivity index is 1.51. The first-order valence-electron chi connectivity index (χ1n) is 10.00. The van der Waals surface area contributed by atoms with Crippen LogP contribution in [0.1, 0.15) is 22.8 Å². The van der Waals surface area contributed by atoms with E-state index in [1.54, 1.807) is 54.6 Å². The van der Waals surface area contributed by atoms with Gasteiger partial charge in [0.25, 0.3) is 0 Å². The predicted molar refractivity (Wildman–Crippen MR) is 130 cm³/mol. The summed E-state index contributed by atoms with van der Waals surface area (Å²) in [6, 6.07) is 17.5. The predicted octanol–water partition coefficient (Wildman–Crippen LogP) is 4.70. The monoisotopic (exact) mass is 499 g/mol. The van der Waals surface area contributed by atoms with E-state index in [1.807, 2.05) is 6.92 Å². The van der Waals surface area contributed by atoms with Crippen molar-refractivity contribution in [2.24, 2.45) is 5.10 Å². The molecule has 3 rings (SSSR count). The smallest absolute Gasteiger partial charge is 0.343 e. The summed E-state index contributed by atoms with van der Waals surface area (Å²) in [6.45, 7) is 2.41. The molecule has 10 heteroatoms. The van der Waals surface area contributed by atoms with Gasteiger partial charge in [0.15, 0.2) is 0 Å². The molecule has 0 aromatic heterocycles. The lowest BCUT2D eigenvalue weighted by Gasteiger charge is -2.07. The van der Waals surface area contributed by atoms with Crippen LogP contribution in [0.4, 0.5) is 5.69 Å². The molecule has 174 valence electrons. The Morgan fingerprint density at radius 3 is 2.26 bits per heavy atom. The minimum absolute atomic E-state index is 0.202. The fourth-order valence-corrected chi connectivity index (χ4v) is 2.97. The number of anilines is 1. The third kappa shape index (κ3) is 7.06. The van der Waals surface area contributed by atoms with E-state index in [1.165, 1.54) is 18.3 Å². The van der Waals surface area contributed by atoms with Crippen LogP contribution in [0.25, 0.3) is 0 Å². The van der Waals surface area contributed by atoms with E-state index in [2.05, 4.69) is 15.8 Å². The number of nitrogens with zero attached hydrogens (tertiary/aromatic N) is 1. The van der Waals surface area contributed by atoms with E-state index >= 15 is 0 Å². The number of rotatable bonds is 7.